The molecule has 0 fully saturated rings. The normalized spacial score (nSPS) is 12.5. The number of aliphatic imine (C=N–C) groups is 1. The van der Waals surface area contributed by atoms with E-state index < -0.39 is 0 Å². The fourth-order valence-corrected chi connectivity index (χ4v) is 1.81. The summed E-state index contributed by atoms with van der Waals surface area (Å²) in [4.78, 5) is 8.01. The SMILES string of the molecule is CN=C/C(=C\N)c1ccc2cnc(Cl)cc2c1. The molecule has 0 amide bonds. The summed E-state index contributed by atoms with van der Waals surface area (Å²) in [7, 11) is 1.71. The zero-order valence-electron chi connectivity index (χ0n) is 9.39. The van der Waals surface area contributed by atoms with Crippen molar-refractivity contribution in [1.29, 1.82) is 0 Å². The van der Waals surface area contributed by atoms with Gasteiger partial charge in [0.1, 0.15) is 5.15 Å². The maximum Gasteiger partial charge on any atom is 0.129 e. The van der Waals surface area contributed by atoms with Gasteiger partial charge in [0.05, 0.1) is 0 Å². The molecule has 0 unspecified atom stereocenters. The predicted octanol–water partition coefficient (Wildman–Crippen LogP) is 2.89. The minimum absolute atomic E-state index is 0.483. The van der Waals surface area contributed by atoms with Gasteiger partial charge < -0.3 is 5.73 Å². The molecule has 0 aliphatic rings. The first-order valence-corrected chi connectivity index (χ1v) is 5.52. The Morgan fingerprint density at radius 2 is 2.18 bits per heavy atom. The number of halogens is 1. The standard InChI is InChI=1S/C13H12ClN3/c1-16-7-12(6-15)9-2-3-10-8-17-13(14)5-11(10)4-9/h2-8H,15H2,1H3/b12-6+,16-7?. The minimum Gasteiger partial charge on any atom is -0.404 e. The Kier molecular flexibility index (Phi) is 3.40. The third-order valence-corrected chi connectivity index (χ3v) is 2.68. The predicted molar refractivity (Wildman–Crippen MR) is 73.3 cm³/mol. The average Bonchev–Trinajstić information content (AvgIpc) is 2.35. The third-order valence-electron chi connectivity index (χ3n) is 2.47. The molecule has 86 valence electrons. The molecule has 4 heteroatoms. The molecule has 3 nitrogen and oxygen atoms in total. The van der Waals surface area contributed by atoms with Gasteiger partial charge in [-0.25, -0.2) is 4.98 Å². The van der Waals surface area contributed by atoms with Crippen LogP contribution in [-0.2, 0) is 0 Å². The lowest BCUT2D eigenvalue weighted by molar-refractivity contribution is 1.36. The quantitative estimate of drug-likeness (QED) is 0.653. The zero-order valence-corrected chi connectivity index (χ0v) is 10.1. The Labute approximate surface area is 105 Å². The lowest BCUT2D eigenvalue weighted by Gasteiger charge is -2.04. The molecule has 0 saturated heterocycles. The Morgan fingerprint density at radius 1 is 1.35 bits per heavy atom. The maximum atomic E-state index is 5.87. The zero-order chi connectivity index (χ0) is 12.3. The highest BCUT2D eigenvalue weighted by Gasteiger charge is 2.01. The molecule has 0 bridgehead atoms. The van der Waals surface area contributed by atoms with Gasteiger partial charge in [-0.1, -0.05) is 23.7 Å². The third kappa shape index (κ3) is 2.45. The van der Waals surface area contributed by atoms with Gasteiger partial charge in [-0.05, 0) is 23.1 Å². The van der Waals surface area contributed by atoms with Crippen LogP contribution in [0.4, 0.5) is 0 Å². The van der Waals surface area contributed by atoms with Crippen molar-refractivity contribution in [3.8, 4) is 0 Å². The molecule has 2 aromatic rings. The van der Waals surface area contributed by atoms with Gasteiger partial charge in [0.25, 0.3) is 0 Å². The van der Waals surface area contributed by atoms with Crippen LogP contribution in [0.3, 0.4) is 0 Å². The molecule has 2 rings (SSSR count). The van der Waals surface area contributed by atoms with Crippen molar-refractivity contribution in [3.05, 3.63) is 47.4 Å². The number of hydrogen-bond acceptors (Lipinski definition) is 3. The fraction of sp³-hybridized carbons (Fsp3) is 0.0769. The topological polar surface area (TPSA) is 51.3 Å². The van der Waals surface area contributed by atoms with Crippen LogP contribution in [0.25, 0.3) is 16.3 Å². The van der Waals surface area contributed by atoms with E-state index in [0.29, 0.717) is 5.15 Å². The highest BCUT2D eigenvalue weighted by atomic mass is 35.5. The summed E-state index contributed by atoms with van der Waals surface area (Å²) in [6.45, 7) is 0. The molecule has 0 spiro atoms. The molecule has 0 aliphatic carbocycles. The maximum absolute atomic E-state index is 5.87. The van der Waals surface area contributed by atoms with Crippen molar-refractivity contribution < 1.29 is 0 Å². The van der Waals surface area contributed by atoms with Crippen molar-refractivity contribution in [2.75, 3.05) is 7.05 Å². The highest BCUT2D eigenvalue weighted by molar-refractivity contribution is 6.30. The van der Waals surface area contributed by atoms with E-state index in [9.17, 15) is 0 Å². The van der Waals surface area contributed by atoms with E-state index in [0.717, 1.165) is 21.9 Å². The van der Waals surface area contributed by atoms with E-state index in [1.807, 2.05) is 24.3 Å². The van der Waals surface area contributed by atoms with E-state index in [1.165, 1.54) is 6.20 Å². The molecule has 0 radical (unpaired) electrons. The molecular formula is C13H12ClN3. The monoisotopic (exact) mass is 245 g/mol. The summed E-state index contributed by atoms with van der Waals surface area (Å²) in [6, 6.07) is 7.82. The molecular weight excluding hydrogens is 234 g/mol. The van der Waals surface area contributed by atoms with Crippen LogP contribution in [-0.4, -0.2) is 18.2 Å². The second-order valence-electron chi connectivity index (χ2n) is 3.58. The lowest BCUT2D eigenvalue weighted by Crippen LogP contribution is -1.91. The van der Waals surface area contributed by atoms with Gasteiger partial charge in [0.15, 0.2) is 0 Å². The second kappa shape index (κ2) is 4.97. The van der Waals surface area contributed by atoms with Gasteiger partial charge in [0, 0.05) is 36.6 Å². The van der Waals surface area contributed by atoms with Gasteiger partial charge in [-0.3, -0.25) is 4.99 Å². The Morgan fingerprint density at radius 3 is 2.88 bits per heavy atom. The average molecular weight is 246 g/mol. The summed E-state index contributed by atoms with van der Waals surface area (Å²) >= 11 is 5.87. The van der Waals surface area contributed by atoms with E-state index in [-0.39, 0.29) is 0 Å². The fourth-order valence-electron chi connectivity index (χ4n) is 1.65. The summed E-state index contributed by atoms with van der Waals surface area (Å²) in [5, 5.41) is 2.56. The lowest BCUT2D eigenvalue weighted by atomic mass is 10.0. The first kappa shape index (κ1) is 11.6. The minimum atomic E-state index is 0.483. The van der Waals surface area contributed by atoms with Crippen molar-refractivity contribution in [2.45, 2.75) is 0 Å². The van der Waals surface area contributed by atoms with Crippen molar-refractivity contribution >= 4 is 34.2 Å². The van der Waals surface area contributed by atoms with Crippen LogP contribution >= 0.6 is 11.6 Å². The van der Waals surface area contributed by atoms with Crippen LogP contribution in [0.2, 0.25) is 5.15 Å². The van der Waals surface area contributed by atoms with Crippen LogP contribution in [0.15, 0.2) is 41.7 Å². The van der Waals surface area contributed by atoms with Crippen molar-refractivity contribution in [1.82, 2.24) is 4.98 Å². The Balaban J connectivity index is 2.57. The van der Waals surface area contributed by atoms with E-state index >= 15 is 0 Å². The number of benzene rings is 1. The molecule has 0 aliphatic heterocycles. The number of allylic oxidation sites excluding steroid dienone is 1. The van der Waals surface area contributed by atoms with Crippen molar-refractivity contribution in [2.24, 2.45) is 10.7 Å². The largest absolute Gasteiger partial charge is 0.404 e. The van der Waals surface area contributed by atoms with Crippen LogP contribution < -0.4 is 5.73 Å². The van der Waals surface area contributed by atoms with Gasteiger partial charge in [0.2, 0.25) is 0 Å². The summed E-state index contributed by atoms with van der Waals surface area (Å²) in [5.41, 5.74) is 7.46. The first-order chi connectivity index (χ1) is 8.24. The van der Waals surface area contributed by atoms with Gasteiger partial charge >= 0.3 is 0 Å². The molecule has 1 heterocycles. The summed E-state index contributed by atoms with van der Waals surface area (Å²) < 4.78 is 0. The first-order valence-electron chi connectivity index (χ1n) is 5.14. The molecule has 1 aromatic carbocycles. The number of nitrogens with two attached hydrogens (primary N) is 1. The number of hydrogen-bond donors (Lipinski definition) is 1. The van der Waals surface area contributed by atoms with Crippen LogP contribution in [0.5, 0.6) is 0 Å². The number of rotatable bonds is 2. The van der Waals surface area contributed by atoms with Crippen LogP contribution in [0.1, 0.15) is 5.56 Å². The van der Waals surface area contributed by atoms with E-state index in [1.54, 1.807) is 19.5 Å². The van der Waals surface area contributed by atoms with E-state index in [2.05, 4.69) is 9.98 Å². The molecule has 0 saturated carbocycles. The molecule has 0 atom stereocenters. The second-order valence-corrected chi connectivity index (χ2v) is 3.97. The molecule has 17 heavy (non-hydrogen) atoms. The van der Waals surface area contributed by atoms with E-state index in [4.69, 9.17) is 17.3 Å². The van der Waals surface area contributed by atoms with Gasteiger partial charge in [-0.2, -0.15) is 0 Å². The Bertz CT molecular complexity index is 603. The number of aromatic nitrogens is 1. The number of pyridine rings is 1. The Hall–Kier alpha value is -1.87. The molecule has 2 N–H and O–H groups in total. The number of nitrogens with zero attached hydrogens (tertiary/aromatic N) is 2. The number of fused-ring (bicyclic) bond motifs is 1. The summed E-state index contributed by atoms with van der Waals surface area (Å²) in [6.07, 6.45) is 5.02. The highest BCUT2D eigenvalue weighted by Crippen LogP contribution is 2.21. The van der Waals surface area contributed by atoms with Crippen LogP contribution in [0, 0.1) is 0 Å². The smallest absolute Gasteiger partial charge is 0.129 e. The molecule has 1 aromatic heterocycles. The van der Waals surface area contributed by atoms with Gasteiger partial charge in [-0.15, -0.1) is 0 Å². The van der Waals surface area contributed by atoms with Crippen molar-refractivity contribution in [3.63, 3.8) is 0 Å². The summed E-state index contributed by atoms with van der Waals surface area (Å²) in [5.74, 6) is 0.